The van der Waals surface area contributed by atoms with Crippen molar-refractivity contribution in [2.24, 2.45) is 0 Å². The van der Waals surface area contributed by atoms with E-state index in [9.17, 15) is 13.2 Å². The zero-order chi connectivity index (χ0) is 22.6. The van der Waals surface area contributed by atoms with Crippen LogP contribution in [0, 0.1) is 0 Å². The van der Waals surface area contributed by atoms with Gasteiger partial charge >= 0.3 is 0 Å². The summed E-state index contributed by atoms with van der Waals surface area (Å²) in [6.07, 6.45) is 0. The third-order valence-electron chi connectivity index (χ3n) is 4.58. The number of sulfonamides is 1. The first-order valence-electron chi connectivity index (χ1n) is 9.59. The fourth-order valence-electron chi connectivity index (χ4n) is 3.03. The van der Waals surface area contributed by atoms with Crippen molar-refractivity contribution in [3.8, 4) is 5.69 Å². The number of carbonyl (C=O) groups is 1. The highest BCUT2D eigenvalue weighted by atomic mass is 35.5. The van der Waals surface area contributed by atoms with E-state index in [-0.39, 0.29) is 34.7 Å². The number of rotatable bonds is 7. The van der Waals surface area contributed by atoms with Crippen LogP contribution in [0.15, 0.2) is 58.6 Å². The van der Waals surface area contributed by atoms with E-state index in [1.54, 1.807) is 6.07 Å². The zero-order valence-corrected chi connectivity index (χ0v) is 19.1. The van der Waals surface area contributed by atoms with Crippen molar-refractivity contribution in [2.75, 3.05) is 37.4 Å². The maximum Gasteiger partial charge on any atom is 0.244 e. The van der Waals surface area contributed by atoms with Crippen LogP contribution in [0.25, 0.3) is 5.69 Å². The minimum atomic E-state index is -3.80. The number of tetrazole rings is 1. The summed E-state index contributed by atoms with van der Waals surface area (Å²) in [5, 5.41) is 14.8. The van der Waals surface area contributed by atoms with Crippen LogP contribution < -0.4 is 5.32 Å². The van der Waals surface area contributed by atoms with E-state index < -0.39 is 10.0 Å². The monoisotopic (exact) mass is 494 g/mol. The predicted octanol–water partition coefficient (Wildman–Crippen LogP) is 2.07. The average molecular weight is 495 g/mol. The number of para-hydroxylation sites is 1. The molecule has 1 N–H and O–H groups in total. The van der Waals surface area contributed by atoms with Crippen molar-refractivity contribution < 1.29 is 17.9 Å². The van der Waals surface area contributed by atoms with E-state index in [2.05, 4.69) is 20.8 Å². The Hall–Kier alpha value is -2.51. The Morgan fingerprint density at radius 3 is 2.66 bits per heavy atom. The largest absolute Gasteiger partial charge is 0.379 e. The number of morpholine rings is 1. The number of nitrogens with one attached hydrogen (secondary N) is 1. The molecule has 3 aromatic rings. The maximum atomic E-state index is 12.9. The van der Waals surface area contributed by atoms with Gasteiger partial charge in [-0.1, -0.05) is 41.6 Å². The first kappa shape index (κ1) is 22.7. The van der Waals surface area contributed by atoms with Crippen LogP contribution in [0.1, 0.15) is 0 Å². The van der Waals surface area contributed by atoms with Gasteiger partial charge in [-0.15, -0.1) is 5.10 Å². The summed E-state index contributed by atoms with van der Waals surface area (Å²) in [6, 6.07) is 13.7. The van der Waals surface area contributed by atoms with Crippen molar-refractivity contribution in [1.82, 2.24) is 24.5 Å². The molecule has 0 unspecified atom stereocenters. The molecule has 1 fully saturated rings. The van der Waals surface area contributed by atoms with Crippen molar-refractivity contribution in [3.05, 3.63) is 53.6 Å². The van der Waals surface area contributed by atoms with Crippen LogP contribution in [0.4, 0.5) is 5.69 Å². The number of nitrogens with zero attached hydrogens (tertiary/aromatic N) is 5. The van der Waals surface area contributed by atoms with Crippen LogP contribution in [0.3, 0.4) is 0 Å². The highest BCUT2D eigenvalue weighted by Crippen LogP contribution is 2.28. The number of amides is 1. The number of hydrogen-bond acceptors (Lipinski definition) is 8. The number of hydrogen-bond donors (Lipinski definition) is 1. The second kappa shape index (κ2) is 9.96. The Morgan fingerprint density at radius 1 is 1.16 bits per heavy atom. The molecular formula is C19H19ClN6O4S2. The number of anilines is 1. The summed E-state index contributed by atoms with van der Waals surface area (Å²) in [7, 11) is -3.80. The summed E-state index contributed by atoms with van der Waals surface area (Å²) in [5.74, 6) is -0.309. The predicted molar refractivity (Wildman–Crippen MR) is 120 cm³/mol. The Morgan fingerprint density at radius 2 is 1.91 bits per heavy atom. The fraction of sp³-hybridized carbons (Fsp3) is 0.263. The second-order valence-electron chi connectivity index (χ2n) is 6.71. The van der Waals surface area contributed by atoms with Crippen LogP contribution in [-0.2, 0) is 19.6 Å². The van der Waals surface area contributed by atoms with E-state index in [4.69, 9.17) is 16.3 Å². The van der Waals surface area contributed by atoms with Gasteiger partial charge in [-0.2, -0.15) is 8.99 Å². The van der Waals surface area contributed by atoms with Crippen LogP contribution >= 0.6 is 23.4 Å². The highest BCUT2D eigenvalue weighted by molar-refractivity contribution is 7.99. The molecular weight excluding hydrogens is 476 g/mol. The molecule has 2 aromatic carbocycles. The van der Waals surface area contributed by atoms with Gasteiger partial charge in [0.2, 0.25) is 21.1 Å². The molecule has 1 aromatic heterocycles. The minimum absolute atomic E-state index is 0.0291. The number of carbonyl (C=O) groups excluding carboxylic acids is 1. The lowest BCUT2D eigenvalue weighted by Gasteiger charge is -2.26. The Bertz CT molecular complexity index is 1200. The van der Waals surface area contributed by atoms with E-state index in [1.165, 1.54) is 21.1 Å². The molecule has 1 saturated heterocycles. The number of aromatic nitrogens is 4. The molecule has 0 saturated carbocycles. The van der Waals surface area contributed by atoms with Gasteiger partial charge < -0.3 is 10.1 Å². The Kier molecular flexibility index (Phi) is 7.06. The molecule has 0 atom stereocenters. The fourth-order valence-corrected chi connectivity index (χ4v) is 5.63. The SMILES string of the molecule is O=C(CSc1nnnn1-c1ccccc1)Nc1ccc(Cl)c(S(=O)(=O)N2CCOCC2)c1. The van der Waals surface area contributed by atoms with Crippen molar-refractivity contribution in [1.29, 1.82) is 0 Å². The lowest BCUT2D eigenvalue weighted by molar-refractivity contribution is -0.113. The van der Waals surface area contributed by atoms with Gasteiger partial charge in [0.1, 0.15) is 4.90 Å². The van der Waals surface area contributed by atoms with Crippen LogP contribution in [0.5, 0.6) is 0 Å². The molecule has 0 bridgehead atoms. The number of halogens is 1. The van der Waals surface area contributed by atoms with Crippen LogP contribution in [-0.4, -0.2) is 70.9 Å². The molecule has 0 radical (unpaired) electrons. The van der Waals surface area contributed by atoms with Crippen molar-refractivity contribution in [2.45, 2.75) is 10.1 Å². The van der Waals surface area contributed by atoms with E-state index in [1.807, 2.05) is 30.3 Å². The van der Waals surface area contributed by atoms with Gasteiger partial charge in [0.15, 0.2) is 0 Å². The van der Waals surface area contributed by atoms with E-state index in [0.717, 1.165) is 17.4 Å². The summed E-state index contributed by atoms with van der Waals surface area (Å²) < 4.78 is 34.0. The zero-order valence-electron chi connectivity index (χ0n) is 16.7. The number of ether oxygens (including phenoxy) is 1. The molecule has 1 aliphatic heterocycles. The first-order valence-corrected chi connectivity index (χ1v) is 12.4. The standard InChI is InChI=1S/C19H19ClN6O4S2/c20-16-7-6-14(12-17(16)32(28,29)25-8-10-30-11-9-25)21-18(27)13-31-19-22-23-24-26(19)15-4-2-1-3-5-15/h1-7,12H,8-11,13H2,(H,21,27). The Labute approximate surface area is 193 Å². The maximum absolute atomic E-state index is 12.9. The summed E-state index contributed by atoms with van der Waals surface area (Å²) in [6.45, 7) is 1.16. The molecule has 168 valence electrons. The quantitative estimate of drug-likeness (QED) is 0.496. The smallest absolute Gasteiger partial charge is 0.244 e. The molecule has 1 amide bonds. The minimum Gasteiger partial charge on any atom is -0.379 e. The number of thioether (sulfide) groups is 1. The van der Waals surface area contributed by atoms with Gasteiger partial charge in [0, 0.05) is 18.8 Å². The van der Waals surface area contributed by atoms with Gasteiger partial charge in [-0.05, 0) is 40.8 Å². The molecule has 2 heterocycles. The normalized spacial score (nSPS) is 14.9. The third kappa shape index (κ3) is 5.10. The number of benzene rings is 2. The van der Waals surface area contributed by atoms with Gasteiger partial charge in [0.25, 0.3) is 0 Å². The van der Waals surface area contributed by atoms with Gasteiger partial charge in [0.05, 0.1) is 29.7 Å². The van der Waals surface area contributed by atoms with E-state index >= 15 is 0 Å². The molecule has 4 rings (SSSR count). The van der Waals surface area contributed by atoms with Crippen molar-refractivity contribution in [3.63, 3.8) is 0 Å². The molecule has 0 spiro atoms. The lowest BCUT2D eigenvalue weighted by Crippen LogP contribution is -2.40. The van der Waals surface area contributed by atoms with Gasteiger partial charge in [-0.3, -0.25) is 4.79 Å². The summed E-state index contributed by atoms with van der Waals surface area (Å²) in [4.78, 5) is 12.4. The molecule has 13 heteroatoms. The average Bonchev–Trinajstić information content (AvgIpc) is 3.29. The highest BCUT2D eigenvalue weighted by Gasteiger charge is 2.28. The molecule has 1 aliphatic rings. The second-order valence-corrected chi connectivity index (χ2v) is 9.96. The first-order chi connectivity index (χ1) is 15.4. The van der Waals surface area contributed by atoms with E-state index in [0.29, 0.717) is 24.1 Å². The Balaban J connectivity index is 1.43. The molecule has 10 nitrogen and oxygen atoms in total. The molecule has 32 heavy (non-hydrogen) atoms. The molecule has 0 aliphatic carbocycles. The van der Waals surface area contributed by atoms with Crippen molar-refractivity contribution >= 4 is 45.0 Å². The summed E-state index contributed by atoms with van der Waals surface area (Å²) in [5.41, 5.74) is 1.10. The third-order valence-corrected chi connectivity index (χ3v) is 7.88. The van der Waals surface area contributed by atoms with Crippen LogP contribution in [0.2, 0.25) is 5.02 Å². The summed E-state index contributed by atoms with van der Waals surface area (Å²) >= 11 is 7.32. The topological polar surface area (TPSA) is 119 Å². The van der Waals surface area contributed by atoms with Gasteiger partial charge in [-0.25, -0.2) is 8.42 Å². The lowest BCUT2D eigenvalue weighted by atomic mass is 10.3.